The number of carbonyl (C=O) groups is 4. The van der Waals surface area contributed by atoms with Gasteiger partial charge in [0.2, 0.25) is 0 Å². The van der Waals surface area contributed by atoms with Crippen molar-refractivity contribution in [2.24, 2.45) is 0 Å². The maximum absolute atomic E-state index is 13.1. The van der Waals surface area contributed by atoms with E-state index in [1.807, 2.05) is 0 Å². The normalized spacial score (nSPS) is 14.7. The number of esters is 4. The van der Waals surface area contributed by atoms with Crippen molar-refractivity contribution in [3.63, 3.8) is 0 Å². The van der Waals surface area contributed by atoms with Gasteiger partial charge >= 0.3 is 39.5 Å². The van der Waals surface area contributed by atoms with Crippen molar-refractivity contribution in [3.05, 3.63) is 170 Å². The van der Waals surface area contributed by atoms with E-state index in [0.717, 1.165) is 205 Å². The SMILES string of the molecule is CC/C=C\C/C=C\C/C=C\C/C=C\CCCCCCC(=O)OCC(COP(=O)(O)OCC(O)COP(=O)(O)OCC(COC(=O)CCCCCCCC/C=C\C/C=C\C/C=C\CCCCC)OC(=O)CCCC/C=C\C/C=C\C/C=C\C/C=C\CC)OC(=O)CCCCCCCCC/C=C\C/C=C\C/C=C\CC. The molecule has 0 fully saturated rings. The molecule has 0 saturated heterocycles. The number of carbonyl (C=O) groups excluding carboxylic acids is 4. The first-order valence-corrected chi connectivity index (χ1v) is 44.4. The van der Waals surface area contributed by atoms with Gasteiger partial charge in [-0.3, -0.25) is 37.3 Å². The fraction of sp³-hybridized carbons (Fsp3) is 0.640. The van der Waals surface area contributed by atoms with E-state index in [4.69, 9.17) is 37.0 Å². The van der Waals surface area contributed by atoms with Crippen molar-refractivity contribution in [2.75, 3.05) is 39.6 Å². The van der Waals surface area contributed by atoms with Crippen LogP contribution in [0.15, 0.2) is 170 Å². The molecule has 0 radical (unpaired) electrons. The van der Waals surface area contributed by atoms with Crippen LogP contribution in [-0.2, 0) is 65.4 Å². The van der Waals surface area contributed by atoms with E-state index < -0.39 is 97.5 Å². The number of hydrogen-bond acceptors (Lipinski definition) is 15. The smallest absolute Gasteiger partial charge is 0.462 e. The maximum atomic E-state index is 13.1. The molecule has 0 bridgehead atoms. The molecule has 0 aromatic heterocycles. The van der Waals surface area contributed by atoms with Crippen LogP contribution in [0.4, 0.5) is 0 Å². The van der Waals surface area contributed by atoms with Crippen molar-refractivity contribution in [1.82, 2.24) is 0 Å². The van der Waals surface area contributed by atoms with Gasteiger partial charge in [0, 0.05) is 25.7 Å². The number of aliphatic hydroxyl groups excluding tert-OH is 1. The first-order chi connectivity index (χ1) is 52.7. The number of phosphoric ester groups is 2. The summed E-state index contributed by atoms with van der Waals surface area (Å²) >= 11 is 0. The molecule has 19 heteroatoms. The van der Waals surface area contributed by atoms with E-state index in [9.17, 15) is 43.2 Å². The molecule has 0 aromatic carbocycles. The fourth-order valence-electron chi connectivity index (χ4n) is 10.5. The molecular formula is C89H146O17P2. The van der Waals surface area contributed by atoms with Crippen LogP contribution in [0, 0.1) is 0 Å². The molecule has 0 heterocycles. The number of unbranched alkanes of at least 4 members (excludes halogenated alkanes) is 22. The topological polar surface area (TPSA) is 237 Å². The molecule has 0 aromatic rings. The Morgan fingerprint density at radius 3 is 0.759 bits per heavy atom. The molecule has 5 atom stereocenters. The molecule has 0 spiro atoms. The zero-order valence-electron chi connectivity index (χ0n) is 67.2. The summed E-state index contributed by atoms with van der Waals surface area (Å²) in [5, 5.41) is 10.7. The molecule has 0 aliphatic carbocycles. The van der Waals surface area contributed by atoms with Crippen molar-refractivity contribution in [1.29, 1.82) is 0 Å². The van der Waals surface area contributed by atoms with E-state index in [-0.39, 0.29) is 25.7 Å². The van der Waals surface area contributed by atoms with Gasteiger partial charge in [0.1, 0.15) is 19.3 Å². The van der Waals surface area contributed by atoms with E-state index in [2.05, 4.69) is 198 Å². The molecule has 0 saturated carbocycles. The van der Waals surface area contributed by atoms with Gasteiger partial charge in [-0.15, -0.1) is 0 Å². The Morgan fingerprint density at radius 1 is 0.269 bits per heavy atom. The Labute approximate surface area is 654 Å². The summed E-state index contributed by atoms with van der Waals surface area (Å²) in [7, 11) is -10.0. The third-order valence-electron chi connectivity index (χ3n) is 16.7. The Bertz CT molecular complexity index is 2710. The fourth-order valence-corrected chi connectivity index (χ4v) is 12.0. The molecule has 5 unspecified atom stereocenters. The van der Waals surface area contributed by atoms with E-state index in [1.165, 1.54) is 19.3 Å². The van der Waals surface area contributed by atoms with Crippen LogP contribution in [0.2, 0.25) is 0 Å². The van der Waals surface area contributed by atoms with Gasteiger partial charge in [0.15, 0.2) is 12.2 Å². The Kier molecular flexibility index (Phi) is 75.4. The third-order valence-corrected chi connectivity index (χ3v) is 18.6. The molecule has 3 N–H and O–H groups in total. The molecule has 0 amide bonds. The van der Waals surface area contributed by atoms with E-state index in [0.29, 0.717) is 32.1 Å². The lowest BCUT2D eigenvalue weighted by Crippen LogP contribution is -2.30. The third kappa shape index (κ3) is 78.5. The molecule has 614 valence electrons. The Balaban J connectivity index is 5.45. The van der Waals surface area contributed by atoms with Gasteiger partial charge in [-0.25, -0.2) is 9.13 Å². The number of allylic oxidation sites excluding steroid dienone is 28. The van der Waals surface area contributed by atoms with Crippen LogP contribution in [0.5, 0.6) is 0 Å². The highest BCUT2D eigenvalue weighted by Crippen LogP contribution is 2.45. The van der Waals surface area contributed by atoms with Crippen molar-refractivity contribution in [3.8, 4) is 0 Å². The van der Waals surface area contributed by atoms with Crippen LogP contribution < -0.4 is 0 Å². The highest BCUT2D eigenvalue weighted by molar-refractivity contribution is 7.47. The first-order valence-electron chi connectivity index (χ1n) is 41.4. The van der Waals surface area contributed by atoms with Crippen LogP contribution in [0.3, 0.4) is 0 Å². The van der Waals surface area contributed by atoms with Crippen molar-refractivity contribution in [2.45, 2.75) is 329 Å². The zero-order chi connectivity index (χ0) is 78.9. The minimum Gasteiger partial charge on any atom is -0.462 e. The van der Waals surface area contributed by atoms with Crippen molar-refractivity contribution < 1.29 is 80.2 Å². The number of aliphatic hydroxyl groups is 1. The van der Waals surface area contributed by atoms with Gasteiger partial charge < -0.3 is 33.8 Å². The Morgan fingerprint density at radius 2 is 0.481 bits per heavy atom. The lowest BCUT2D eigenvalue weighted by Gasteiger charge is -2.21. The number of hydrogen-bond donors (Lipinski definition) is 3. The highest BCUT2D eigenvalue weighted by atomic mass is 31.2. The number of phosphoric acid groups is 2. The molecule has 108 heavy (non-hydrogen) atoms. The standard InChI is InChI=1S/C89H146O17P2/c1-5-9-13-17-21-25-29-33-37-40-41-44-47-50-54-58-62-66-70-74-87(92)100-79-84(105-88(93)75-71-67-63-59-55-51-45-36-32-28-24-20-16-12-8-4)81-103-107(95,96)101-77-83(90)78-102-108(97,98)104-82-85(106-89(94)76-72-68-64-60-56-52-48-43-39-35-31-27-23-19-15-11-7-3)80-99-86(91)73-69-65-61-57-53-49-46-42-38-34-30-26-22-18-14-10-6-2/h10-12,14-16,21-28,33-39,41,44-46,49,55,59,83-85,90H,5-9,13,17-20,29-32,40,42-43,47-48,50-54,56-58,60-82H2,1-4H3,(H,95,96)(H,97,98)/b14-10-,15-11-,16-12-,25-21-,26-22-,27-23-,28-24-,37-33-,38-34-,39-35-,44-41-,45-36-,49-46-,59-55-. The molecular weight excluding hydrogens is 1400 g/mol. The monoisotopic (exact) mass is 1550 g/mol. The number of ether oxygens (including phenoxy) is 4. The molecule has 17 nitrogen and oxygen atoms in total. The first kappa shape index (κ1) is 102. The lowest BCUT2D eigenvalue weighted by atomic mass is 10.1. The summed E-state index contributed by atoms with van der Waals surface area (Å²) in [4.78, 5) is 73.2. The average Bonchev–Trinajstić information content (AvgIpc) is 0.901. The van der Waals surface area contributed by atoms with Crippen LogP contribution in [-0.4, -0.2) is 96.7 Å². The second kappa shape index (κ2) is 79.5. The molecule has 0 aliphatic heterocycles. The molecule has 0 rings (SSSR count). The summed E-state index contributed by atoms with van der Waals surface area (Å²) in [6, 6.07) is 0. The largest absolute Gasteiger partial charge is 0.472 e. The highest BCUT2D eigenvalue weighted by Gasteiger charge is 2.30. The Hall–Kier alpha value is -5.58. The van der Waals surface area contributed by atoms with Crippen LogP contribution in [0.1, 0.15) is 310 Å². The number of rotatable bonds is 76. The quantitative estimate of drug-likeness (QED) is 0.0169. The van der Waals surface area contributed by atoms with E-state index >= 15 is 0 Å². The van der Waals surface area contributed by atoms with Gasteiger partial charge in [-0.05, 0) is 173 Å². The lowest BCUT2D eigenvalue weighted by molar-refractivity contribution is -0.161. The summed E-state index contributed by atoms with van der Waals surface area (Å²) in [5.41, 5.74) is 0. The second-order valence-corrected chi connectivity index (χ2v) is 29.8. The maximum Gasteiger partial charge on any atom is 0.472 e. The zero-order valence-corrected chi connectivity index (χ0v) is 69.0. The summed E-state index contributed by atoms with van der Waals surface area (Å²) in [6.45, 7) is 4.41. The van der Waals surface area contributed by atoms with Gasteiger partial charge in [0.25, 0.3) is 0 Å². The van der Waals surface area contributed by atoms with Gasteiger partial charge in [-0.1, -0.05) is 281 Å². The van der Waals surface area contributed by atoms with Crippen LogP contribution in [0.25, 0.3) is 0 Å². The second-order valence-electron chi connectivity index (χ2n) is 26.9. The summed E-state index contributed by atoms with van der Waals surface area (Å²) in [5.74, 6) is -2.28. The van der Waals surface area contributed by atoms with Crippen molar-refractivity contribution >= 4 is 39.5 Å². The van der Waals surface area contributed by atoms with Crippen LogP contribution >= 0.6 is 15.6 Å². The minimum atomic E-state index is -5.00. The average molecular weight is 1550 g/mol. The minimum absolute atomic E-state index is 0.0337. The van der Waals surface area contributed by atoms with Gasteiger partial charge in [0.05, 0.1) is 26.4 Å². The van der Waals surface area contributed by atoms with E-state index in [1.54, 1.807) is 0 Å². The summed E-state index contributed by atoms with van der Waals surface area (Å²) < 4.78 is 68.7. The predicted octanol–water partition coefficient (Wildman–Crippen LogP) is 24.6. The molecule has 0 aliphatic rings. The predicted molar refractivity (Wildman–Crippen MR) is 445 cm³/mol. The summed E-state index contributed by atoms with van der Waals surface area (Å²) in [6.07, 6.45) is 94.6. The van der Waals surface area contributed by atoms with Gasteiger partial charge in [-0.2, -0.15) is 0 Å².